The zero-order valence-electron chi connectivity index (χ0n) is 12.0. The van der Waals surface area contributed by atoms with Crippen LogP contribution in [0.1, 0.15) is 0 Å². The molecule has 5 atom stereocenters. The molecular weight excluding hydrogens is 292 g/mol. The normalized spacial score (nSPS) is 41.8. The standard InChI is InChI=1S/C13H18N4O5/c18-12-14-10-11(16(12)2-8-5-21-8)17(3-9-6-22-9)13(19)15(10)1-7-4-20-7/h7-11H,1-6H2,(H,14,18). The van der Waals surface area contributed by atoms with E-state index < -0.39 is 0 Å². The number of urea groups is 2. The molecule has 0 bridgehead atoms. The average Bonchev–Trinajstić information content (AvgIpc) is 3.33. The molecule has 4 amide bonds. The minimum absolute atomic E-state index is 0.0530. The maximum Gasteiger partial charge on any atom is 0.323 e. The molecule has 0 aliphatic carbocycles. The number of amides is 4. The highest BCUT2D eigenvalue weighted by atomic mass is 16.6. The summed E-state index contributed by atoms with van der Waals surface area (Å²) in [4.78, 5) is 30.2. The molecule has 0 aromatic carbocycles. The Hall–Kier alpha value is -1.58. The van der Waals surface area contributed by atoms with Gasteiger partial charge in [0, 0.05) is 0 Å². The first-order chi connectivity index (χ1) is 10.7. The van der Waals surface area contributed by atoms with E-state index in [-0.39, 0.29) is 42.7 Å². The summed E-state index contributed by atoms with van der Waals surface area (Å²) in [6.45, 7) is 3.62. The van der Waals surface area contributed by atoms with E-state index in [2.05, 4.69) is 5.32 Å². The molecule has 1 N–H and O–H groups in total. The zero-order valence-corrected chi connectivity index (χ0v) is 12.0. The molecule has 5 aliphatic heterocycles. The first-order valence-corrected chi connectivity index (χ1v) is 7.70. The molecule has 5 rings (SSSR count). The van der Waals surface area contributed by atoms with Gasteiger partial charge in [0.05, 0.1) is 57.8 Å². The maximum atomic E-state index is 12.7. The van der Waals surface area contributed by atoms with Crippen LogP contribution in [0.2, 0.25) is 0 Å². The van der Waals surface area contributed by atoms with Gasteiger partial charge in [-0.25, -0.2) is 9.59 Å². The second kappa shape index (κ2) is 4.46. The Morgan fingerprint density at radius 1 is 0.864 bits per heavy atom. The summed E-state index contributed by atoms with van der Waals surface area (Å²) in [5, 5.41) is 2.93. The molecule has 0 radical (unpaired) electrons. The number of nitrogens with zero attached hydrogens (tertiary/aromatic N) is 3. The van der Waals surface area contributed by atoms with Crippen molar-refractivity contribution >= 4 is 12.1 Å². The monoisotopic (exact) mass is 310 g/mol. The van der Waals surface area contributed by atoms with Gasteiger partial charge in [-0.1, -0.05) is 0 Å². The van der Waals surface area contributed by atoms with Crippen molar-refractivity contribution in [1.29, 1.82) is 0 Å². The number of ether oxygens (including phenoxy) is 3. The number of hydrogen-bond acceptors (Lipinski definition) is 5. The van der Waals surface area contributed by atoms with Crippen LogP contribution < -0.4 is 5.32 Å². The van der Waals surface area contributed by atoms with Crippen molar-refractivity contribution in [2.75, 3.05) is 39.5 Å². The van der Waals surface area contributed by atoms with Crippen molar-refractivity contribution in [3.05, 3.63) is 0 Å². The van der Waals surface area contributed by atoms with Crippen LogP contribution in [0.25, 0.3) is 0 Å². The molecule has 9 nitrogen and oxygen atoms in total. The first kappa shape index (κ1) is 12.9. The van der Waals surface area contributed by atoms with E-state index in [9.17, 15) is 9.59 Å². The Kier molecular flexibility index (Phi) is 2.62. The summed E-state index contributed by atoms with van der Waals surface area (Å²) in [5.41, 5.74) is 0. The number of carbonyl (C=O) groups is 2. The molecule has 120 valence electrons. The smallest absolute Gasteiger partial charge is 0.323 e. The van der Waals surface area contributed by atoms with Gasteiger partial charge in [0.1, 0.15) is 12.3 Å². The molecule has 0 aromatic heterocycles. The van der Waals surface area contributed by atoms with E-state index in [0.29, 0.717) is 39.5 Å². The van der Waals surface area contributed by atoms with Crippen LogP contribution in [0.4, 0.5) is 9.59 Å². The van der Waals surface area contributed by atoms with Gasteiger partial charge in [-0.05, 0) is 0 Å². The molecule has 22 heavy (non-hydrogen) atoms. The molecule has 5 unspecified atom stereocenters. The minimum Gasteiger partial charge on any atom is -0.371 e. The fourth-order valence-electron chi connectivity index (χ4n) is 3.30. The van der Waals surface area contributed by atoms with Crippen molar-refractivity contribution in [2.45, 2.75) is 30.6 Å². The Labute approximate surface area is 127 Å². The number of fused-ring (bicyclic) bond motifs is 1. The lowest BCUT2D eigenvalue weighted by atomic mass is 10.3. The number of nitrogens with one attached hydrogen (secondary N) is 1. The van der Waals surface area contributed by atoms with E-state index >= 15 is 0 Å². The summed E-state index contributed by atoms with van der Waals surface area (Å²) in [7, 11) is 0. The highest BCUT2D eigenvalue weighted by Gasteiger charge is 2.57. The van der Waals surface area contributed by atoms with Gasteiger partial charge < -0.3 is 19.5 Å². The van der Waals surface area contributed by atoms with Crippen molar-refractivity contribution < 1.29 is 23.8 Å². The van der Waals surface area contributed by atoms with Crippen molar-refractivity contribution in [1.82, 2.24) is 20.0 Å². The average molecular weight is 310 g/mol. The molecule has 5 fully saturated rings. The summed E-state index contributed by atoms with van der Waals surface area (Å²) in [6, 6.07) is -0.191. The summed E-state index contributed by atoms with van der Waals surface area (Å²) < 4.78 is 15.7. The number of rotatable bonds is 6. The third-order valence-corrected chi connectivity index (χ3v) is 4.69. The number of epoxide rings is 3. The fraction of sp³-hybridized carbons (Fsp3) is 0.846. The van der Waals surface area contributed by atoms with E-state index in [1.165, 1.54) is 0 Å². The molecular formula is C13H18N4O5. The van der Waals surface area contributed by atoms with Crippen molar-refractivity contribution in [3.63, 3.8) is 0 Å². The molecule has 5 heterocycles. The van der Waals surface area contributed by atoms with Crippen molar-refractivity contribution in [2.24, 2.45) is 0 Å². The fourth-order valence-corrected chi connectivity index (χ4v) is 3.30. The van der Waals surface area contributed by atoms with Crippen LogP contribution in [-0.2, 0) is 14.2 Å². The van der Waals surface area contributed by atoms with Crippen LogP contribution in [0, 0.1) is 0 Å². The third kappa shape index (κ3) is 2.11. The third-order valence-electron chi connectivity index (χ3n) is 4.69. The van der Waals surface area contributed by atoms with E-state index in [1.807, 2.05) is 0 Å². The highest BCUT2D eigenvalue weighted by molar-refractivity contribution is 5.85. The van der Waals surface area contributed by atoms with Gasteiger partial charge in [0.2, 0.25) is 0 Å². The van der Waals surface area contributed by atoms with Crippen LogP contribution in [0.15, 0.2) is 0 Å². The van der Waals surface area contributed by atoms with Gasteiger partial charge in [-0.2, -0.15) is 0 Å². The Morgan fingerprint density at radius 2 is 1.36 bits per heavy atom. The molecule has 0 spiro atoms. The topological polar surface area (TPSA) is 93.5 Å². The highest BCUT2D eigenvalue weighted by Crippen LogP contribution is 2.33. The second-order valence-electron chi connectivity index (χ2n) is 6.41. The van der Waals surface area contributed by atoms with E-state index in [4.69, 9.17) is 14.2 Å². The number of carbonyl (C=O) groups excluding carboxylic acids is 2. The predicted molar refractivity (Wildman–Crippen MR) is 70.8 cm³/mol. The lowest BCUT2D eigenvalue weighted by Crippen LogP contribution is -2.49. The van der Waals surface area contributed by atoms with Crippen LogP contribution in [0.5, 0.6) is 0 Å². The zero-order chi connectivity index (χ0) is 14.8. The van der Waals surface area contributed by atoms with Gasteiger partial charge in [0.15, 0.2) is 0 Å². The van der Waals surface area contributed by atoms with Gasteiger partial charge in [0.25, 0.3) is 0 Å². The molecule has 0 aromatic rings. The summed E-state index contributed by atoms with van der Waals surface area (Å²) in [6.07, 6.45) is -0.316. The van der Waals surface area contributed by atoms with Crippen LogP contribution in [0.3, 0.4) is 0 Å². The van der Waals surface area contributed by atoms with Gasteiger partial charge in [-0.3, -0.25) is 14.7 Å². The lowest BCUT2D eigenvalue weighted by molar-refractivity contribution is 0.117. The predicted octanol–water partition coefficient (Wildman–Crippen LogP) is -1.40. The van der Waals surface area contributed by atoms with Crippen LogP contribution >= 0.6 is 0 Å². The minimum atomic E-state index is -0.318. The van der Waals surface area contributed by atoms with Crippen LogP contribution in [-0.4, -0.2) is 96.9 Å². The largest absolute Gasteiger partial charge is 0.371 e. The summed E-state index contributed by atoms with van der Waals surface area (Å²) >= 11 is 0. The lowest BCUT2D eigenvalue weighted by Gasteiger charge is -2.28. The SMILES string of the molecule is O=C1NC2C(N1CC1CO1)N(CC1CO1)C(=O)N2CC1CO1. The molecule has 5 aliphatic rings. The Morgan fingerprint density at radius 3 is 1.91 bits per heavy atom. The van der Waals surface area contributed by atoms with Gasteiger partial charge in [-0.15, -0.1) is 0 Å². The Bertz CT molecular complexity index is 507. The van der Waals surface area contributed by atoms with E-state index in [1.54, 1.807) is 14.7 Å². The molecule has 5 saturated heterocycles. The van der Waals surface area contributed by atoms with Gasteiger partial charge >= 0.3 is 12.1 Å². The molecule has 0 saturated carbocycles. The molecule has 9 heteroatoms. The van der Waals surface area contributed by atoms with Crippen molar-refractivity contribution in [3.8, 4) is 0 Å². The number of hydrogen-bond donors (Lipinski definition) is 1. The quantitative estimate of drug-likeness (QED) is 0.609. The van der Waals surface area contributed by atoms with E-state index in [0.717, 1.165) is 0 Å². The maximum absolute atomic E-state index is 12.7. The summed E-state index contributed by atoms with van der Waals surface area (Å²) in [5.74, 6) is 0. The first-order valence-electron chi connectivity index (χ1n) is 7.70. The second-order valence-corrected chi connectivity index (χ2v) is 6.41. The Balaban J connectivity index is 1.40.